The number of hydrogen-bond acceptors (Lipinski definition) is 3. The van der Waals surface area contributed by atoms with E-state index in [1.807, 2.05) is 66.7 Å². The number of pyridine rings is 1. The Balaban J connectivity index is 1.90. The summed E-state index contributed by atoms with van der Waals surface area (Å²) in [5.41, 5.74) is 7.48. The number of H-pyrrole nitrogens is 1. The summed E-state index contributed by atoms with van der Waals surface area (Å²) in [6.45, 7) is 0. The van der Waals surface area contributed by atoms with Crippen LogP contribution in [0, 0.1) is 0 Å². The molecule has 0 spiro atoms. The molecule has 0 bridgehead atoms. The van der Waals surface area contributed by atoms with E-state index in [0.29, 0.717) is 0 Å². The van der Waals surface area contributed by atoms with Crippen LogP contribution in [0.2, 0.25) is 0 Å². The van der Waals surface area contributed by atoms with Gasteiger partial charge in [-0.25, -0.2) is 4.98 Å². The molecule has 3 aromatic carbocycles. The molecule has 27 heavy (non-hydrogen) atoms. The maximum Gasteiger partial charge on any atom is 0.139 e. The minimum absolute atomic E-state index is 0.778. The van der Waals surface area contributed by atoms with E-state index in [-0.39, 0.29) is 0 Å². The van der Waals surface area contributed by atoms with E-state index in [1.165, 1.54) is 0 Å². The van der Waals surface area contributed by atoms with Crippen LogP contribution in [0.25, 0.3) is 44.7 Å². The van der Waals surface area contributed by atoms with Crippen LogP contribution in [0.3, 0.4) is 0 Å². The quantitative estimate of drug-likeness (QED) is 0.478. The first-order chi connectivity index (χ1) is 13.4. The van der Waals surface area contributed by atoms with Gasteiger partial charge in [0.15, 0.2) is 0 Å². The van der Waals surface area contributed by atoms with E-state index in [9.17, 15) is 0 Å². The molecule has 0 atom stereocenters. The fraction of sp³-hybridized carbons (Fsp3) is 0. The summed E-state index contributed by atoms with van der Waals surface area (Å²) < 4.78 is 0. The first kappa shape index (κ1) is 15.5. The normalized spacial score (nSPS) is 11.0. The molecule has 1 N–H and O–H groups in total. The summed E-state index contributed by atoms with van der Waals surface area (Å²) in [5, 5.41) is 11.7. The van der Waals surface area contributed by atoms with Gasteiger partial charge in [0.25, 0.3) is 0 Å². The van der Waals surface area contributed by atoms with Crippen molar-refractivity contribution in [2.75, 3.05) is 0 Å². The van der Waals surface area contributed by atoms with Gasteiger partial charge in [-0.3, -0.25) is 0 Å². The van der Waals surface area contributed by atoms with Crippen LogP contribution in [0.1, 0.15) is 0 Å². The molecule has 5 rings (SSSR count). The van der Waals surface area contributed by atoms with Crippen LogP contribution in [-0.2, 0) is 0 Å². The molecule has 0 saturated carbocycles. The van der Waals surface area contributed by atoms with Crippen LogP contribution in [0.4, 0.5) is 0 Å². The Bertz CT molecular complexity index is 1200. The van der Waals surface area contributed by atoms with Gasteiger partial charge in [-0.05, 0) is 5.56 Å². The van der Waals surface area contributed by atoms with Crippen molar-refractivity contribution >= 4 is 11.0 Å². The molecule has 0 unspecified atom stereocenters. The van der Waals surface area contributed by atoms with Crippen molar-refractivity contribution in [3.63, 3.8) is 0 Å². The van der Waals surface area contributed by atoms with E-state index in [1.54, 1.807) is 0 Å². The molecule has 0 radical (unpaired) electrons. The molecule has 2 aromatic heterocycles. The number of rotatable bonds is 3. The predicted octanol–water partition coefficient (Wildman–Crippen LogP) is 5.35. The Hall–Kier alpha value is -3.79. The summed E-state index contributed by atoms with van der Waals surface area (Å²) in [6, 6.07) is 30.6. The highest BCUT2D eigenvalue weighted by Gasteiger charge is 2.20. The van der Waals surface area contributed by atoms with Crippen molar-refractivity contribution in [3.8, 4) is 33.6 Å². The number of benzene rings is 3. The molecule has 0 saturated heterocycles. The molecular formula is C23H16N4. The average molecular weight is 348 g/mol. The summed E-state index contributed by atoms with van der Waals surface area (Å²) in [7, 11) is 0. The number of nitrogens with zero attached hydrogens (tertiary/aromatic N) is 3. The van der Waals surface area contributed by atoms with Crippen molar-refractivity contribution in [1.82, 2.24) is 20.4 Å². The van der Waals surface area contributed by atoms with Crippen molar-refractivity contribution in [3.05, 3.63) is 91.0 Å². The van der Waals surface area contributed by atoms with Crippen molar-refractivity contribution < 1.29 is 0 Å². The highest BCUT2D eigenvalue weighted by atomic mass is 15.3. The van der Waals surface area contributed by atoms with Crippen molar-refractivity contribution in [2.45, 2.75) is 0 Å². The van der Waals surface area contributed by atoms with Gasteiger partial charge in [-0.2, -0.15) is 15.4 Å². The maximum absolute atomic E-state index is 5.07. The van der Waals surface area contributed by atoms with E-state index in [4.69, 9.17) is 4.98 Å². The van der Waals surface area contributed by atoms with Gasteiger partial charge in [0.1, 0.15) is 16.7 Å². The van der Waals surface area contributed by atoms with Crippen molar-refractivity contribution in [2.24, 2.45) is 0 Å². The molecule has 5 aromatic rings. The lowest BCUT2D eigenvalue weighted by molar-refractivity contribution is 0.959. The van der Waals surface area contributed by atoms with Gasteiger partial charge in [0.2, 0.25) is 0 Å². The Kier molecular flexibility index (Phi) is 3.72. The highest BCUT2D eigenvalue weighted by molar-refractivity contribution is 6.04. The third-order valence-electron chi connectivity index (χ3n) is 4.63. The van der Waals surface area contributed by atoms with Crippen molar-refractivity contribution in [1.29, 1.82) is 0 Å². The Morgan fingerprint density at radius 2 is 0.963 bits per heavy atom. The number of hydrogen-bond donors (Lipinski definition) is 1. The lowest BCUT2D eigenvalue weighted by Gasteiger charge is -2.13. The second-order valence-electron chi connectivity index (χ2n) is 6.30. The average Bonchev–Trinajstić information content (AvgIpc) is 3.24. The van der Waals surface area contributed by atoms with E-state index in [0.717, 1.165) is 44.7 Å². The zero-order valence-electron chi connectivity index (χ0n) is 14.5. The molecule has 0 fully saturated rings. The molecule has 128 valence electrons. The summed E-state index contributed by atoms with van der Waals surface area (Å²) in [6.07, 6.45) is 0. The maximum atomic E-state index is 5.07. The Morgan fingerprint density at radius 3 is 1.56 bits per heavy atom. The van der Waals surface area contributed by atoms with Crippen LogP contribution < -0.4 is 0 Å². The van der Waals surface area contributed by atoms with Crippen LogP contribution in [-0.4, -0.2) is 20.4 Å². The van der Waals surface area contributed by atoms with Gasteiger partial charge in [0, 0.05) is 16.7 Å². The van der Waals surface area contributed by atoms with Gasteiger partial charge >= 0.3 is 0 Å². The minimum atomic E-state index is 0.778. The molecule has 4 heteroatoms. The first-order valence-electron chi connectivity index (χ1n) is 8.82. The summed E-state index contributed by atoms with van der Waals surface area (Å²) >= 11 is 0. The second-order valence-corrected chi connectivity index (χ2v) is 6.30. The molecule has 0 aliphatic heterocycles. The zero-order chi connectivity index (χ0) is 18.1. The van der Waals surface area contributed by atoms with Gasteiger partial charge in [0.05, 0.1) is 5.69 Å². The third kappa shape index (κ3) is 2.68. The molecule has 4 nitrogen and oxygen atoms in total. The molecule has 0 aliphatic rings. The predicted molar refractivity (Wildman–Crippen MR) is 108 cm³/mol. The summed E-state index contributed by atoms with van der Waals surface area (Å²) in [4.78, 5) is 5.07. The minimum Gasteiger partial charge on any atom is -0.245 e. The van der Waals surface area contributed by atoms with Crippen LogP contribution >= 0.6 is 0 Å². The SMILES string of the molecule is c1ccc(-c2nc(-c3ccccc3)c3n[nH]nc3c2-c2ccccc2)cc1. The standard InChI is InChI=1S/C23H16N4/c1-4-10-16(11-5-1)19-20(17-12-6-2-7-13-17)24-21(18-14-8-3-9-15-18)23-22(19)25-27-26-23/h1-15H,(H,25,26,27). The zero-order valence-corrected chi connectivity index (χ0v) is 14.5. The molecule has 0 amide bonds. The van der Waals surface area contributed by atoms with E-state index < -0.39 is 0 Å². The van der Waals surface area contributed by atoms with E-state index >= 15 is 0 Å². The number of nitrogens with one attached hydrogen (secondary N) is 1. The monoisotopic (exact) mass is 348 g/mol. The first-order valence-corrected chi connectivity index (χ1v) is 8.82. The lowest BCUT2D eigenvalue weighted by Crippen LogP contribution is -1.95. The number of fused-ring (bicyclic) bond motifs is 1. The summed E-state index contributed by atoms with van der Waals surface area (Å²) in [5.74, 6) is 0. The lowest BCUT2D eigenvalue weighted by atomic mass is 9.96. The molecular weight excluding hydrogens is 332 g/mol. The largest absolute Gasteiger partial charge is 0.245 e. The fourth-order valence-corrected chi connectivity index (χ4v) is 3.38. The van der Waals surface area contributed by atoms with Crippen LogP contribution in [0.15, 0.2) is 91.0 Å². The molecule has 2 heterocycles. The van der Waals surface area contributed by atoms with Gasteiger partial charge in [-0.1, -0.05) is 91.0 Å². The topological polar surface area (TPSA) is 54.5 Å². The number of aromatic nitrogens is 4. The third-order valence-corrected chi connectivity index (χ3v) is 4.63. The second kappa shape index (κ2) is 6.50. The van der Waals surface area contributed by atoms with E-state index in [2.05, 4.69) is 39.7 Å². The Labute approximate surface area is 156 Å². The highest BCUT2D eigenvalue weighted by Crippen LogP contribution is 2.38. The smallest absolute Gasteiger partial charge is 0.139 e. The van der Waals surface area contributed by atoms with Gasteiger partial charge < -0.3 is 0 Å². The Morgan fingerprint density at radius 1 is 0.481 bits per heavy atom. The van der Waals surface area contributed by atoms with Gasteiger partial charge in [-0.15, -0.1) is 0 Å². The number of aromatic amines is 1. The van der Waals surface area contributed by atoms with Crippen LogP contribution in [0.5, 0.6) is 0 Å². The fourth-order valence-electron chi connectivity index (χ4n) is 3.38. The molecule has 0 aliphatic carbocycles.